The van der Waals surface area contributed by atoms with Crippen molar-refractivity contribution in [2.45, 2.75) is 37.5 Å². The lowest BCUT2D eigenvalue weighted by atomic mass is 10.1. The first-order valence-corrected chi connectivity index (χ1v) is 8.75. The van der Waals surface area contributed by atoms with E-state index < -0.39 is 0 Å². The van der Waals surface area contributed by atoms with Gasteiger partial charge in [-0.3, -0.25) is 0 Å². The summed E-state index contributed by atoms with van der Waals surface area (Å²) in [5.74, 6) is 0. The van der Waals surface area contributed by atoms with Gasteiger partial charge in [-0.05, 0) is 48.8 Å². The van der Waals surface area contributed by atoms with Gasteiger partial charge in [0.2, 0.25) is 0 Å². The first-order chi connectivity index (χ1) is 8.75. The van der Waals surface area contributed by atoms with Crippen molar-refractivity contribution >= 4 is 45.9 Å². The van der Waals surface area contributed by atoms with Crippen LogP contribution in [0.1, 0.15) is 44.8 Å². The molecular formula is C14H14Cl2S2. The molecular weight excluding hydrogens is 303 g/mol. The van der Waals surface area contributed by atoms with Crippen LogP contribution in [0.2, 0.25) is 5.02 Å². The van der Waals surface area contributed by atoms with E-state index in [1.807, 2.05) is 22.8 Å². The summed E-state index contributed by atoms with van der Waals surface area (Å²) >= 11 is 16.3. The van der Waals surface area contributed by atoms with Gasteiger partial charge < -0.3 is 0 Å². The highest BCUT2D eigenvalue weighted by atomic mass is 35.5. The molecule has 0 saturated carbocycles. The number of fused-ring (bicyclic) bond motifs is 1. The second-order valence-electron chi connectivity index (χ2n) is 4.65. The Morgan fingerprint density at radius 1 is 1.17 bits per heavy atom. The Labute approximate surface area is 126 Å². The molecule has 0 N–H and O–H groups in total. The summed E-state index contributed by atoms with van der Waals surface area (Å²) in [6, 6.07) is 4.23. The van der Waals surface area contributed by atoms with E-state index in [0.717, 1.165) is 9.90 Å². The van der Waals surface area contributed by atoms with Crippen LogP contribution in [0.4, 0.5) is 0 Å². The maximum Gasteiger partial charge on any atom is 0.103 e. The van der Waals surface area contributed by atoms with Crippen molar-refractivity contribution in [2.75, 3.05) is 0 Å². The molecule has 0 bridgehead atoms. The summed E-state index contributed by atoms with van der Waals surface area (Å²) in [6.45, 7) is 0. The van der Waals surface area contributed by atoms with E-state index in [9.17, 15) is 0 Å². The van der Waals surface area contributed by atoms with Crippen LogP contribution in [-0.4, -0.2) is 0 Å². The van der Waals surface area contributed by atoms with Crippen molar-refractivity contribution < 1.29 is 0 Å². The number of rotatable bonds is 2. The lowest BCUT2D eigenvalue weighted by Gasteiger charge is -2.05. The minimum atomic E-state index is -0.0746. The zero-order valence-corrected chi connectivity index (χ0v) is 13.1. The molecule has 18 heavy (non-hydrogen) atoms. The molecule has 0 fully saturated rings. The van der Waals surface area contributed by atoms with Crippen LogP contribution in [0.25, 0.3) is 0 Å². The Kier molecular flexibility index (Phi) is 4.00. The molecule has 1 atom stereocenters. The smallest absolute Gasteiger partial charge is 0.103 e. The van der Waals surface area contributed by atoms with Gasteiger partial charge in [-0.2, -0.15) is 0 Å². The van der Waals surface area contributed by atoms with E-state index in [1.165, 1.54) is 42.5 Å². The van der Waals surface area contributed by atoms with Gasteiger partial charge in [0.1, 0.15) is 5.38 Å². The summed E-state index contributed by atoms with van der Waals surface area (Å²) in [4.78, 5) is 3.88. The molecule has 2 aromatic heterocycles. The van der Waals surface area contributed by atoms with Crippen LogP contribution in [0.15, 0.2) is 17.5 Å². The van der Waals surface area contributed by atoms with Gasteiger partial charge >= 0.3 is 0 Å². The van der Waals surface area contributed by atoms with Gasteiger partial charge in [0.25, 0.3) is 0 Å². The van der Waals surface area contributed by atoms with Crippen LogP contribution in [0.3, 0.4) is 0 Å². The third-order valence-corrected chi connectivity index (χ3v) is 6.83. The molecule has 1 aliphatic rings. The molecule has 4 heteroatoms. The summed E-state index contributed by atoms with van der Waals surface area (Å²) in [6.07, 6.45) is 6.43. The largest absolute Gasteiger partial charge is 0.145 e. The zero-order valence-electron chi connectivity index (χ0n) is 9.92. The Hall–Kier alpha value is -0.0200. The molecule has 0 nitrogen and oxygen atoms in total. The normalized spacial score (nSPS) is 17.2. The van der Waals surface area contributed by atoms with Crippen molar-refractivity contribution in [3.8, 4) is 0 Å². The average Bonchev–Trinajstić information content (AvgIpc) is 2.90. The number of aryl methyl sites for hydroxylation is 2. The van der Waals surface area contributed by atoms with Gasteiger partial charge in [0.05, 0.1) is 5.02 Å². The Morgan fingerprint density at radius 3 is 2.78 bits per heavy atom. The molecule has 0 radical (unpaired) electrons. The minimum Gasteiger partial charge on any atom is -0.145 e. The van der Waals surface area contributed by atoms with E-state index >= 15 is 0 Å². The van der Waals surface area contributed by atoms with Crippen LogP contribution in [0.5, 0.6) is 0 Å². The summed E-state index contributed by atoms with van der Waals surface area (Å²) in [5, 5.41) is 2.73. The quantitative estimate of drug-likeness (QED) is 0.466. The maximum atomic E-state index is 6.58. The number of hydrogen-bond acceptors (Lipinski definition) is 2. The standard InChI is InChI=1S/C14H14Cl2S2/c15-10-6-7-17-14(10)13(16)12-8-9-4-2-1-3-5-11(9)18-12/h6-8,13H,1-5H2. The van der Waals surface area contributed by atoms with Crippen LogP contribution in [-0.2, 0) is 12.8 Å². The van der Waals surface area contributed by atoms with Gasteiger partial charge in [0, 0.05) is 14.6 Å². The van der Waals surface area contributed by atoms with E-state index in [0.29, 0.717) is 0 Å². The van der Waals surface area contributed by atoms with Crippen molar-refractivity contribution in [1.29, 1.82) is 0 Å². The molecule has 2 heterocycles. The van der Waals surface area contributed by atoms with E-state index in [1.54, 1.807) is 16.2 Å². The van der Waals surface area contributed by atoms with Crippen LogP contribution < -0.4 is 0 Å². The van der Waals surface area contributed by atoms with Gasteiger partial charge in [-0.1, -0.05) is 18.0 Å². The van der Waals surface area contributed by atoms with Crippen LogP contribution >= 0.6 is 45.9 Å². The molecule has 1 unspecified atom stereocenters. The van der Waals surface area contributed by atoms with Crippen molar-refractivity contribution in [3.05, 3.63) is 42.7 Å². The van der Waals surface area contributed by atoms with Crippen molar-refractivity contribution in [3.63, 3.8) is 0 Å². The molecule has 1 aliphatic carbocycles. The molecule has 3 rings (SSSR count). The first kappa shape index (κ1) is 13.0. The monoisotopic (exact) mass is 316 g/mol. The molecule has 0 saturated heterocycles. The van der Waals surface area contributed by atoms with E-state index in [-0.39, 0.29) is 5.38 Å². The van der Waals surface area contributed by atoms with Gasteiger partial charge in [-0.25, -0.2) is 0 Å². The first-order valence-electron chi connectivity index (χ1n) is 6.24. The molecule has 0 aromatic carbocycles. The molecule has 0 spiro atoms. The summed E-state index contributed by atoms with van der Waals surface area (Å²) in [7, 11) is 0. The number of thiophene rings is 2. The number of halogens is 2. The third kappa shape index (κ3) is 2.49. The predicted molar refractivity (Wildman–Crippen MR) is 82.6 cm³/mol. The number of hydrogen-bond donors (Lipinski definition) is 0. The Morgan fingerprint density at radius 2 is 2.00 bits per heavy atom. The fraction of sp³-hybridized carbons (Fsp3) is 0.429. The molecule has 96 valence electrons. The SMILES string of the molecule is Clc1ccsc1C(Cl)c1cc2c(s1)CCCCC2. The molecule has 2 aromatic rings. The zero-order chi connectivity index (χ0) is 12.5. The fourth-order valence-electron chi connectivity index (χ4n) is 2.43. The second kappa shape index (κ2) is 5.54. The summed E-state index contributed by atoms with van der Waals surface area (Å²) in [5.41, 5.74) is 1.52. The Bertz CT molecular complexity index is 518. The maximum absolute atomic E-state index is 6.58. The highest BCUT2D eigenvalue weighted by Gasteiger charge is 2.20. The summed E-state index contributed by atoms with van der Waals surface area (Å²) < 4.78 is 0. The van der Waals surface area contributed by atoms with E-state index in [2.05, 4.69) is 6.07 Å². The molecule has 0 aliphatic heterocycles. The number of alkyl halides is 1. The highest BCUT2D eigenvalue weighted by molar-refractivity contribution is 7.13. The van der Waals surface area contributed by atoms with Gasteiger partial charge in [-0.15, -0.1) is 34.3 Å². The molecule has 0 amide bonds. The minimum absolute atomic E-state index is 0.0746. The third-order valence-electron chi connectivity index (χ3n) is 3.39. The van der Waals surface area contributed by atoms with E-state index in [4.69, 9.17) is 23.2 Å². The van der Waals surface area contributed by atoms with Crippen molar-refractivity contribution in [1.82, 2.24) is 0 Å². The van der Waals surface area contributed by atoms with Crippen LogP contribution in [0, 0.1) is 0 Å². The second-order valence-corrected chi connectivity index (χ2v) is 7.61. The highest BCUT2D eigenvalue weighted by Crippen LogP contribution is 2.42. The lowest BCUT2D eigenvalue weighted by molar-refractivity contribution is 0.712. The lowest BCUT2D eigenvalue weighted by Crippen LogP contribution is -1.87. The van der Waals surface area contributed by atoms with Gasteiger partial charge in [0.15, 0.2) is 0 Å². The predicted octanol–water partition coefficient (Wildman–Crippen LogP) is 6.06. The fourth-order valence-corrected chi connectivity index (χ4v) is 5.43. The topological polar surface area (TPSA) is 0 Å². The Balaban J connectivity index is 1.91. The average molecular weight is 317 g/mol. The van der Waals surface area contributed by atoms with Crippen molar-refractivity contribution in [2.24, 2.45) is 0 Å².